The normalized spacial score (nSPS) is 10.3. The highest BCUT2D eigenvalue weighted by Crippen LogP contribution is 1.78. The molecule has 0 aliphatic heterocycles. The van der Waals surface area contributed by atoms with Gasteiger partial charge in [-0.1, -0.05) is 0 Å². The number of hydrogen-bond acceptors (Lipinski definition) is 3. The zero-order chi connectivity index (χ0) is 5.70. The molecule has 3 heteroatoms. The van der Waals surface area contributed by atoms with Gasteiger partial charge < -0.3 is 9.08 Å². The second-order valence-corrected chi connectivity index (χ2v) is 1.89. The van der Waals surface area contributed by atoms with Gasteiger partial charge in [0, 0.05) is 6.54 Å². The van der Waals surface area contributed by atoms with Gasteiger partial charge >= 0.3 is 0 Å². The molecule has 0 aromatic heterocycles. The highest BCUT2D eigenvalue weighted by atomic mass is 32.1. The van der Waals surface area contributed by atoms with E-state index in [4.69, 9.17) is 0 Å². The summed E-state index contributed by atoms with van der Waals surface area (Å²) >= 11 is 3.57. The van der Waals surface area contributed by atoms with E-state index in [1.54, 1.807) is 0 Å². The fourth-order valence-corrected chi connectivity index (χ4v) is 0.305. The minimum absolute atomic E-state index is 0.691. The summed E-state index contributed by atoms with van der Waals surface area (Å²) in [5.41, 5.74) is 0. The molecule has 0 heterocycles. The smallest absolute Gasteiger partial charge is 0.0737 e. The van der Waals surface area contributed by atoms with Gasteiger partial charge in [-0.25, -0.2) is 0 Å². The first-order valence-electron chi connectivity index (χ1n) is 2.18. The zero-order valence-electron chi connectivity index (χ0n) is 4.72. The highest BCUT2D eigenvalue weighted by Gasteiger charge is 1.84. The Morgan fingerprint density at radius 2 is 2.14 bits per heavy atom. The zero-order valence-corrected chi connectivity index (χ0v) is 5.61. The Balaban J connectivity index is 2.68. The van der Waals surface area contributed by atoms with Crippen LogP contribution in [0.25, 0.3) is 0 Å². The molecule has 0 spiro atoms. The third-order valence-corrected chi connectivity index (χ3v) is 0.812. The van der Waals surface area contributed by atoms with Crippen molar-refractivity contribution in [1.82, 2.24) is 4.90 Å². The summed E-state index contributed by atoms with van der Waals surface area (Å²) < 4.78 is 4.51. The average Bonchev–Trinajstić information content (AvgIpc) is 1.61. The molecule has 0 fully saturated rings. The maximum absolute atomic E-state index is 4.51. The molecule has 0 aliphatic rings. The van der Waals surface area contributed by atoms with Crippen molar-refractivity contribution < 1.29 is 4.18 Å². The number of nitrogens with zero attached hydrogens (tertiary/aromatic N) is 1. The Morgan fingerprint density at radius 3 is 2.29 bits per heavy atom. The minimum atomic E-state index is 0.691. The third-order valence-electron chi connectivity index (χ3n) is 0.630. The molecular weight excluding hydrogens is 110 g/mol. The number of hydrogen-bond donors (Lipinski definition) is 1. The van der Waals surface area contributed by atoms with E-state index in [1.165, 1.54) is 0 Å². The summed E-state index contributed by atoms with van der Waals surface area (Å²) in [6.45, 7) is 1.62. The van der Waals surface area contributed by atoms with E-state index >= 15 is 0 Å². The molecular formula is C4H11NOS. The van der Waals surface area contributed by atoms with Crippen molar-refractivity contribution in [3.8, 4) is 0 Å². The fraction of sp³-hybridized carbons (Fsp3) is 1.00. The van der Waals surface area contributed by atoms with Crippen LogP contribution in [0.1, 0.15) is 0 Å². The largest absolute Gasteiger partial charge is 0.317 e. The summed E-state index contributed by atoms with van der Waals surface area (Å²) in [4.78, 5) is 2.04. The molecule has 0 aromatic rings. The lowest BCUT2D eigenvalue weighted by molar-refractivity contribution is 0.297. The maximum atomic E-state index is 4.51. The Bertz CT molecular complexity index is 40.7. The van der Waals surface area contributed by atoms with Gasteiger partial charge in [-0.2, -0.15) is 0 Å². The first-order chi connectivity index (χ1) is 3.27. The van der Waals surface area contributed by atoms with Gasteiger partial charge in [-0.3, -0.25) is 0 Å². The third kappa shape index (κ3) is 6.27. The summed E-state index contributed by atoms with van der Waals surface area (Å²) in [6, 6.07) is 0. The van der Waals surface area contributed by atoms with Crippen molar-refractivity contribution in [1.29, 1.82) is 0 Å². The Morgan fingerprint density at radius 1 is 1.57 bits per heavy atom. The SMILES string of the molecule is CN(C)CCOS. The van der Waals surface area contributed by atoms with Gasteiger partial charge in [0.2, 0.25) is 0 Å². The van der Waals surface area contributed by atoms with Crippen LogP contribution >= 0.6 is 12.9 Å². The van der Waals surface area contributed by atoms with E-state index in [0.717, 1.165) is 6.54 Å². The second kappa shape index (κ2) is 4.43. The molecule has 0 rings (SSSR count). The quantitative estimate of drug-likeness (QED) is 0.429. The van der Waals surface area contributed by atoms with E-state index in [1.807, 2.05) is 19.0 Å². The van der Waals surface area contributed by atoms with Crippen LogP contribution in [0.3, 0.4) is 0 Å². The lowest BCUT2D eigenvalue weighted by Gasteiger charge is -2.05. The van der Waals surface area contributed by atoms with Crippen molar-refractivity contribution in [2.24, 2.45) is 0 Å². The van der Waals surface area contributed by atoms with Crippen LogP contribution in [0.15, 0.2) is 0 Å². The Labute approximate surface area is 50.1 Å². The molecule has 0 aliphatic carbocycles. The molecule has 2 nitrogen and oxygen atoms in total. The molecule has 0 saturated carbocycles. The topological polar surface area (TPSA) is 12.5 Å². The van der Waals surface area contributed by atoms with Gasteiger partial charge in [0.1, 0.15) is 0 Å². The van der Waals surface area contributed by atoms with E-state index in [9.17, 15) is 0 Å². The predicted octanol–water partition coefficient (Wildman–Crippen LogP) is 0.409. The molecule has 0 amide bonds. The number of rotatable bonds is 3. The van der Waals surface area contributed by atoms with E-state index in [-0.39, 0.29) is 0 Å². The van der Waals surface area contributed by atoms with Crippen molar-refractivity contribution >= 4 is 12.9 Å². The summed E-state index contributed by atoms with van der Waals surface area (Å²) in [6.07, 6.45) is 0. The van der Waals surface area contributed by atoms with Gasteiger partial charge in [-0.05, 0) is 27.0 Å². The van der Waals surface area contributed by atoms with Crippen LogP contribution < -0.4 is 0 Å². The fourth-order valence-electron chi connectivity index (χ4n) is 0.223. The first kappa shape index (κ1) is 7.27. The highest BCUT2D eigenvalue weighted by molar-refractivity contribution is 7.75. The predicted molar refractivity (Wildman–Crippen MR) is 33.5 cm³/mol. The van der Waals surface area contributed by atoms with Crippen molar-refractivity contribution in [3.05, 3.63) is 0 Å². The maximum Gasteiger partial charge on any atom is 0.0737 e. The van der Waals surface area contributed by atoms with Crippen molar-refractivity contribution in [2.45, 2.75) is 0 Å². The van der Waals surface area contributed by atoms with Gasteiger partial charge in [0.25, 0.3) is 0 Å². The number of thiol groups is 1. The summed E-state index contributed by atoms with van der Waals surface area (Å²) in [5.74, 6) is 0. The minimum Gasteiger partial charge on any atom is -0.317 e. The number of likely N-dealkylation sites (N-methyl/N-ethyl adjacent to an activating group) is 1. The first-order valence-corrected chi connectivity index (χ1v) is 2.55. The van der Waals surface area contributed by atoms with Crippen LogP contribution in [-0.2, 0) is 4.18 Å². The van der Waals surface area contributed by atoms with Gasteiger partial charge in [0.05, 0.1) is 6.61 Å². The molecule has 0 saturated heterocycles. The van der Waals surface area contributed by atoms with E-state index in [0.29, 0.717) is 6.61 Å². The monoisotopic (exact) mass is 121 g/mol. The molecule has 0 radical (unpaired) electrons. The lowest BCUT2D eigenvalue weighted by atomic mass is 10.6. The van der Waals surface area contributed by atoms with Gasteiger partial charge in [-0.15, -0.1) is 0 Å². The van der Waals surface area contributed by atoms with Crippen molar-refractivity contribution in [3.63, 3.8) is 0 Å². The van der Waals surface area contributed by atoms with Crippen molar-refractivity contribution in [2.75, 3.05) is 27.2 Å². The average molecular weight is 121 g/mol. The van der Waals surface area contributed by atoms with E-state index < -0.39 is 0 Å². The molecule has 7 heavy (non-hydrogen) atoms. The summed E-state index contributed by atoms with van der Waals surface area (Å²) in [7, 11) is 3.99. The van der Waals surface area contributed by atoms with Gasteiger partial charge in [0.15, 0.2) is 0 Å². The van der Waals surface area contributed by atoms with Crippen LogP contribution in [0.4, 0.5) is 0 Å². The molecule has 0 atom stereocenters. The summed E-state index contributed by atoms with van der Waals surface area (Å²) in [5, 5.41) is 0. The lowest BCUT2D eigenvalue weighted by Crippen LogP contribution is -2.16. The standard InChI is InChI=1S/C4H11NOS/c1-5(2)3-4-6-7/h7H,3-4H2,1-2H3. The Hall–Kier alpha value is 0.270. The molecule has 0 unspecified atom stereocenters. The van der Waals surface area contributed by atoms with Crippen LogP contribution in [0, 0.1) is 0 Å². The molecule has 0 bridgehead atoms. The second-order valence-electron chi connectivity index (χ2n) is 1.64. The van der Waals surface area contributed by atoms with E-state index in [2.05, 4.69) is 17.1 Å². The molecule has 0 N–H and O–H groups in total. The molecule has 0 aromatic carbocycles. The Kier molecular flexibility index (Phi) is 4.60. The van der Waals surface area contributed by atoms with Crippen LogP contribution in [-0.4, -0.2) is 32.1 Å². The van der Waals surface area contributed by atoms with Crippen LogP contribution in [0.5, 0.6) is 0 Å². The van der Waals surface area contributed by atoms with Crippen LogP contribution in [0.2, 0.25) is 0 Å². The molecule has 44 valence electrons.